The SMILES string of the molecule is Cc1cnc([C@H]2CCCN2C(=O)CCc2ccnn2C)[nH]1. The molecule has 3 rings (SSSR count). The third kappa shape index (κ3) is 2.84. The predicted octanol–water partition coefficient (Wildman–Crippen LogP) is 1.75. The topological polar surface area (TPSA) is 66.8 Å². The number of likely N-dealkylation sites (tertiary alicyclic amines) is 1. The van der Waals surface area contributed by atoms with Crippen LogP contribution in [-0.2, 0) is 18.3 Å². The lowest BCUT2D eigenvalue weighted by Gasteiger charge is -2.23. The molecule has 1 fully saturated rings. The van der Waals surface area contributed by atoms with Crippen LogP contribution < -0.4 is 0 Å². The summed E-state index contributed by atoms with van der Waals surface area (Å²) in [6, 6.07) is 2.07. The van der Waals surface area contributed by atoms with Gasteiger partial charge in [-0.15, -0.1) is 0 Å². The number of hydrogen-bond donors (Lipinski definition) is 1. The van der Waals surface area contributed by atoms with E-state index in [0.717, 1.165) is 43.0 Å². The standard InChI is InChI=1S/C15H21N5O/c1-11-10-16-15(18-11)13-4-3-9-20(13)14(21)6-5-12-7-8-17-19(12)2/h7-8,10,13H,3-6,9H2,1-2H3,(H,16,18)/t13-/m1/s1. The van der Waals surface area contributed by atoms with Crippen LogP contribution in [0.3, 0.4) is 0 Å². The van der Waals surface area contributed by atoms with Gasteiger partial charge in [0.15, 0.2) is 0 Å². The Balaban J connectivity index is 1.65. The maximum absolute atomic E-state index is 12.5. The van der Waals surface area contributed by atoms with Gasteiger partial charge in [0.05, 0.1) is 6.04 Å². The van der Waals surface area contributed by atoms with E-state index < -0.39 is 0 Å². The van der Waals surface area contributed by atoms with Crippen LogP contribution in [0.15, 0.2) is 18.5 Å². The van der Waals surface area contributed by atoms with E-state index in [2.05, 4.69) is 15.1 Å². The van der Waals surface area contributed by atoms with Gasteiger partial charge in [-0.1, -0.05) is 0 Å². The van der Waals surface area contributed by atoms with Crippen LogP contribution >= 0.6 is 0 Å². The zero-order valence-corrected chi connectivity index (χ0v) is 12.5. The summed E-state index contributed by atoms with van der Waals surface area (Å²) in [6.07, 6.45) is 6.88. The summed E-state index contributed by atoms with van der Waals surface area (Å²) in [7, 11) is 1.91. The minimum absolute atomic E-state index is 0.109. The molecular weight excluding hydrogens is 266 g/mol. The molecule has 0 radical (unpaired) electrons. The van der Waals surface area contributed by atoms with E-state index in [9.17, 15) is 4.79 Å². The minimum Gasteiger partial charge on any atom is -0.344 e. The second-order valence-electron chi connectivity index (χ2n) is 5.64. The quantitative estimate of drug-likeness (QED) is 0.931. The molecule has 6 heteroatoms. The molecule has 1 amide bonds. The van der Waals surface area contributed by atoms with Crippen molar-refractivity contribution in [1.29, 1.82) is 0 Å². The fourth-order valence-corrected chi connectivity index (χ4v) is 2.98. The number of nitrogens with one attached hydrogen (secondary N) is 1. The van der Waals surface area contributed by atoms with Crippen molar-refractivity contribution < 1.29 is 4.79 Å². The second kappa shape index (κ2) is 5.71. The van der Waals surface area contributed by atoms with Crippen LogP contribution in [-0.4, -0.2) is 37.1 Å². The summed E-state index contributed by atoms with van der Waals surface area (Å²) in [4.78, 5) is 22.1. The molecule has 1 saturated heterocycles. The van der Waals surface area contributed by atoms with Gasteiger partial charge in [-0.05, 0) is 32.3 Å². The highest BCUT2D eigenvalue weighted by Crippen LogP contribution is 2.30. The predicted molar refractivity (Wildman–Crippen MR) is 78.5 cm³/mol. The zero-order chi connectivity index (χ0) is 14.8. The Kier molecular flexibility index (Phi) is 3.77. The van der Waals surface area contributed by atoms with Gasteiger partial charge in [0.25, 0.3) is 0 Å². The fraction of sp³-hybridized carbons (Fsp3) is 0.533. The van der Waals surface area contributed by atoms with Crippen molar-refractivity contribution in [2.75, 3.05) is 6.54 Å². The lowest BCUT2D eigenvalue weighted by molar-refractivity contribution is -0.132. The smallest absolute Gasteiger partial charge is 0.223 e. The van der Waals surface area contributed by atoms with Crippen molar-refractivity contribution >= 4 is 5.91 Å². The Morgan fingerprint density at radius 2 is 2.38 bits per heavy atom. The summed E-state index contributed by atoms with van der Waals surface area (Å²) < 4.78 is 1.82. The van der Waals surface area contributed by atoms with Crippen molar-refractivity contribution in [3.63, 3.8) is 0 Å². The highest BCUT2D eigenvalue weighted by atomic mass is 16.2. The van der Waals surface area contributed by atoms with E-state index >= 15 is 0 Å². The Morgan fingerprint density at radius 3 is 3.05 bits per heavy atom. The van der Waals surface area contributed by atoms with E-state index in [1.807, 2.05) is 35.8 Å². The van der Waals surface area contributed by atoms with Crippen molar-refractivity contribution in [1.82, 2.24) is 24.6 Å². The lowest BCUT2D eigenvalue weighted by Crippen LogP contribution is -2.31. The number of aromatic amines is 1. The largest absolute Gasteiger partial charge is 0.344 e. The number of aromatic nitrogens is 4. The minimum atomic E-state index is 0.109. The number of H-pyrrole nitrogens is 1. The molecule has 2 aromatic heterocycles. The average Bonchev–Trinajstić information content (AvgIpc) is 3.16. The van der Waals surface area contributed by atoms with E-state index in [1.54, 1.807) is 6.20 Å². The number of imidazole rings is 1. The first-order valence-electron chi connectivity index (χ1n) is 7.43. The van der Waals surface area contributed by atoms with Gasteiger partial charge in [0.2, 0.25) is 5.91 Å². The molecule has 0 spiro atoms. The number of amides is 1. The molecule has 6 nitrogen and oxygen atoms in total. The summed E-state index contributed by atoms with van der Waals surface area (Å²) >= 11 is 0. The third-order valence-corrected chi connectivity index (χ3v) is 4.13. The molecule has 3 heterocycles. The zero-order valence-electron chi connectivity index (χ0n) is 12.5. The molecule has 0 unspecified atom stereocenters. The Morgan fingerprint density at radius 1 is 1.52 bits per heavy atom. The van der Waals surface area contributed by atoms with E-state index in [4.69, 9.17) is 0 Å². The van der Waals surface area contributed by atoms with Gasteiger partial charge in [0.1, 0.15) is 5.82 Å². The normalized spacial score (nSPS) is 18.4. The van der Waals surface area contributed by atoms with Crippen LogP contribution in [0.4, 0.5) is 0 Å². The average molecular weight is 287 g/mol. The van der Waals surface area contributed by atoms with E-state index in [0.29, 0.717) is 6.42 Å². The van der Waals surface area contributed by atoms with Crippen LogP contribution in [0, 0.1) is 6.92 Å². The van der Waals surface area contributed by atoms with E-state index in [1.165, 1.54) is 0 Å². The lowest BCUT2D eigenvalue weighted by atomic mass is 10.2. The Hall–Kier alpha value is -2.11. The summed E-state index contributed by atoms with van der Waals surface area (Å²) in [5.74, 6) is 1.12. The number of carbonyl (C=O) groups is 1. The van der Waals surface area contributed by atoms with Crippen molar-refractivity contribution in [2.24, 2.45) is 7.05 Å². The molecule has 21 heavy (non-hydrogen) atoms. The van der Waals surface area contributed by atoms with Crippen LogP contribution in [0.1, 0.15) is 42.5 Å². The highest BCUT2D eigenvalue weighted by Gasteiger charge is 2.31. The molecule has 1 aliphatic heterocycles. The van der Waals surface area contributed by atoms with Gasteiger partial charge >= 0.3 is 0 Å². The first-order valence-corrected chi connectivity index (χ1v) is 7.43. The Bertz CT molecular complexity index is 630. The van der Waals surface area contributed by atoms with Gasteiger partial charge in [-0.2, -0.15) is 5.10 Å². The molecule has 1 N–H and O–H groups in total. The maximum atomic E-state index is 12.5. The maximum Gasteiger partial charge on any atom is 0.223 e. The van der Waals surface area contributed by atoms with Gasteiger partial charge < -0.3 is 9.88 Å². The summed E-state index contributed by atoms with van der Waals surface area (Å²) in [5.41, 5.74) is 2.13. The van der Waals surface area contributed by atoms with Crippen molar-refractivity contribution in [3.05, 3.63) is 35.7 Å². The van der Waals surface area contributed by atoms with Gasteiger partial charge in [-0.25, -0.2) is 4.98 Å². The van der Waals surface area contributed by atoms with Crippen LogP contribution in [0.25, 0.3) is 0 Å². The molecule has 1 atom stereocenters. The first kappa shape index (κ1) is 13.9. The van der Waals surface area contributed by atoms with Gasteiger partial charge in [-0.3, -0.25) is 9.48 Å². The highest BCUT2D eigenvalue weighted by molar-refractivity contribution is 5.77. The molecular formula is C15H21N5O. The van der Waals surface area contributed by atoms with Crippen molar-refractivity contribution in [2.45, 2.75) is 38.6 Å². The Labute approximate surface area is 124 Å². The molecule has 2 aromatic rings. The third-order valence-electron chi connectivity index (χ3n) is 4.13. The van der Waals surface area contributed by atoms with E-state index in [-0.39, 0.29) is 11.9 Å². The molecule has 0 saturated carbocycles. The van der Waals surface area contributed by atoms with Crippen LogP contribution in [0.5, 0.6) is 0 Å². The van der Waals surface area contributed by atoms with Gasteiger partial charge in [0, 0.05) is 43.8 Å². The molecule has 0 aliphatic carbocycles. The number of rotatable bonds is 4. The number of aryl methyl sites for hydroxylation is 3. The molecule has 0 aromatic carbocycles. The fourth-order valence-electron chi connectivity index (χ4n) is 2.98. The summed E-state index contributed by atoms with van der Waals surface area (Å²) in [6.45, 7) is 2.81. The van der Waals surface area contributed by atoms with Crippen molar-refractivity contribution in [3.8, 4) is 0 Å². The first-order chi connectivity index (χ1) is 10.1. The van der Waals surface area contributed by atoms with Crippen LogP contribution in [0.2, 0.25) is 0 Å². The summed E-state index contributed by atoms with van der Waals surface area (Å²) in [5, 5.41) is 4.13. The second-order valence-corrected chi connectivity index (χ2v) is 5.64. The monoisotopic (exact) mass is 287 g/mol. The number of carbonyl (C=O) groups excluding carboxylic acids is 1. The molecule has 0 bridgehead atoms. The number of hydrogen-bond acceptors (Lipinski definition) is 3. The molecule has 1 aliphatic rings. The number of nitrogens with zero attached hydrogens (tertiary/aromatic N) is 4. The molecule has 112 valence electrons.